The highest BCUT2D eigenvalue weighted by molar-refractivity contribution is 5.95. The third kappa shape index (κ3) is 2.62. The molecule has 7 heteroatoms. The SMILES string of the molecule is O=C(O)c1cnn2ccc(COCC(F)F)cc12. The van der Waals surface area contributed by atoms with Gasteiger partial charge in [0.2, 0.25) is 0 Å². The summed E-state index contributed by atoms with van der Waals surface area (Å²) in [5.74, 6) is -1.09. The highest BCUT2D eigenvalue weighted by Gasteiger charge is 2.11. The van der Waals surface area contributed by atoms with Crippen molar-refractivity contribution in [2.75, 3.05) is 6.61 Å². The van der Waals surface area contributed by atoms with Gasteiger partial charge in [0.05, 0.1) is 18.3 Å². The van der Waals surface area contributed by atoms with Crippen LogP contribution in [0.4, 0.5) is 8.78 Å². The molecule has 18 heavy (non-hydrogen) atoms. The molecule has 0 fully saturated rings. The summed E-state index contributed by atoms with van der Waals surface area (Å²) >= 11 is 0. The number of aromatic carboxylic acids is 1. The molecule has 96 valence electrons. The van der Waals surface area contributed by atoms with E-state index < -0.39 is 19.0 Å². The van der Waals surface area contributed by atoms with E-state index in [1.807, 2.05) is 0 Å². The zero-order valence-corrected chi connectivity index (χ0v) is 9.22. The Morgan fingerprint density at radius 1 is 1.56 bits per heavy atom. The fraction of sp³-hybridized carbons (Fsp3) is 0.273. The number of hydrogen-bond donors (Lipinski definition) is 1. The molecule has 2 heterocycles. The van der Waals surface area contributed by atoms with Crippen LogP contribution in [0.1, 0.15) is 15.9 Å². The topological polar surface area (TPSA) is 63.8 Å². The summed E-state index contributed by atoms with van der Waals surface area (Å²) in [5, 5.41) is 12.8. The number of ether oxygens (including phenoxy) is 1. The summed E-state index contributed by atoms with van der Waals surface area (Å²) in [6, 6.07) is 3.19. The predicted molar refractivity (Wildman–Crippen MR) is 57.8 cm³/mol. The van der Waals surface area contributed by atoms with E-state index in [0.29, 0.717) is 11.1 Å². The fourth-order valence-electron chi connectivity index (χ4n) is 1.54. The molecule has 5 nitrogen and oxygen atoms in total. The molecule has 0 unspecified atom stereocenters. The molecule has 0 aliphatic carbocycles. The lowest BCUT2D eigenvalue weighted by Crippen LogP contribution is -2.04. The van der Waals surface area contributed by atoms with Crippen LogP contribution in [0.5, 0.6) is 0 Å². The van der Waals surface area contributed by atoms with Crippen LogP contribution in [-0.4, -0.2) is 33.7 Å². The van der Waals surface area contributed by atoms with Crippen LogP contribution in [0.25, 0.3) is 5.52 Å². The third-order valence-corrected chi connectivity index (χ3v) is 2.33. The number of hydrogen-bond acceptors (Lipinski definition) is 3. The van der Waals surface area contributed by atoms with Crippen molar-refractivity contribution in [3.63, 3.8) is 0 Å². The molecule has 0 spiro atoms. The van der Waals surface area contributed by atoms with Crippen molar-refractivity contribution in [2.24, 2.45) is 0 Å². The van der Waals surface area contributed by atoms with Gasteiger partial charge in [-0.05, 0) is 17.7 Å². The van der Waals surface area contributed by atoms with Crippen molar-refractivity contribution in [1.82, 2.24) is 9.61 Å². The zero-order valence-electron chi connectivity index (χ0n) is 9.22. The number of carboxylic acid groups (broad SMARTS) is 1. The molecule has 0 amide bonds. The molecule has 2 rings (SSSR count). The number of pyridine rings is 1. The maximum absolute atomic E-state index is 11.9. The molecule has 0 bridgehead atoms. The Bertz CT molecular complexity index is 568. The van der Waals surface area contributed by atoms with Gasteiger partial charge in [-0.1, -0.05) is 0 Å². The number of halogens is 2. The van der Waals surface area contributed by atoms with E-state index in [0.717, 1.165) is 0 Å². The van der Waals surface area contributed by atoms with Crippen molar-refractivity contribution in [3.05, 3.63) is 35.7 Å². The average Bonchev–Trinajstić information content (AvgIpc) is 2.71. The number of rotatable bonds is 5. The van der Waals surface area contributed by atoms with E-state index in [1.54, 1.807) is 18.3 Å². The van der Waals surface area contributed by atoms with Gasteiger partial charge in [-0.15, -0.1) is 0 Å². The number of nitrogens with zero attached hydrogens (tertiary/aromatic N) is 2. The highest BCUT2D eigenvalue weighted by Crippen LogP contribution is 2.13. The quantitative estimate of drug-likeness (QED) is 0.886. The van der Waals surface area contributed by atoms with E-state index in [9.17, 15) is 13.6 Å². The Morgan fingerprint density at radius 3 is 3.00 bits per heavy atom. The Balaban J connectivity index is 2.20. The van der Waals surface area contributed by atoms with Crippen molar-refractivity contribution in [3.8, 4) is 0 Å². The fourth-order valence-corrected chi connectivity index (χ4v) is 1.54. The lowest BCUT2D eigenvalue weighted by molar-refractivity contribution is 0.00988. The monoisotopic (exact) mass is 256 g/mol. The average molecular weight is 256 g/mol. The summed E-state index contributed by atoms with van der Waals surface area (Å²) in [6.45, 7) is -0.638. The number of alkyl halides is 2. The molecule has 1 N–H and O–H groups in total. The minimum atomic E-state index is -2.52. The number of fused-ring (bicyclic) bond motifs is 1. The Kier molecular flexibility index (Phi) is 3.52. The Labute approximate surface area is 101 Å². The summed E-state index contributed by atoms with van der Waals surface area (Å²) in [5.41, 5.74) is 1.08. The summed E-state index contributed by atoms with van der Waals surface area (Å²) in [4.78, 5) is 10.9. The summed E-state index contributed by atoms with van der Waals surface area (Å²) in [7, 11) is 0. The standard InChI is InChI=1S/C11H10F2N2O3/c12-10(13)6-18-5-7-1-2-15-9(3-7)8(4-14-15)11(16)17/h1-4,10H,5-6H2,(H,16,17). The molecule has 2 aromatic rings. The predicted octanol–water partition coefficient (Wildman–Crippen LogP) is 1.81. The van der Waals surface area contributed by atoms with Crippen LogP contribution in [0, 0.1) is 0 Å². The molecule has 0 aliphatic heterocycles. The highest BCUT2D eigenvalue weighted by atomic mass is 19.3. The van der Waals surface area contributed by atoms with Crippen molar-refractivity contribution < 1.29 is 23.4 Å². The van der Waals surface area contributed by atoms with Crippen molar-refractivity contribution >= 4 is 11.5 Å². The van der Waals surface area contributed by atoms with E-state index in [4.69, 9.17) is 9.84 Å². The van der Waals surface area contributed by atoms with Gasteiger partial charge in [-0.25, -0.2) is 18.1 Å². The smallest absolute Gasteiger partial charge is 0.339 e. The summed E-state index contributed by atoms with van der Waals surface area (Å²) < 4.78 is 30.0. The molecule has 0 saturated heterocycles. The number of carboxylic acids is 1. The van der Waals surface area contributed by atoms with Gasteiger partial charge in [0.25, 0.3) is 6.43 Å². The normalized spacial score (nSPS) is 11.3. The van der Waals surface area contributed by atoms with E-state index >= 15 is 0 Å². The minimum absolute atomic E-state index is 0.00504. The first kappa shape index (κ1) is 12.4. The number of aromatic nitrogens is 2. The Hall–Kier alpha value is -2.02. The maximum Gasteiger partial charge on any atom is 0.339 e. The van der Waals surface area contributed by atoms with E-state index in [1.165, 1.54) is 10.7 Å². The largest absolute Gasteiger partial charge is 0.478 e. The van der Waals surface area contributed by atoms with Crippen LogP contribution in [0.15, 0.2) is 24.5 Å². The first-order valence-corrected chi connectivity index (χ1v) is 5.13. The van der Waals surface area contributed by atoms with Gasteiger partial charge in [0, 0.05) is 6.20 Å². The van der Waals surface area contributed by atoms with Gasteiger partial charge in [-0.2, -0.15) is 5.10 Å². The molecule has 0 radical (unpaired) electrons. The van der Waals surface area contributed by atoms with Crippen molar-refractivity contribution in [1.29, 1.82) is 0 Å². The zero-order chi connectivity index (χ0) is 13.1. The van der Waals surface area contributed by atoms with Gasteiger partial charge in [-0.3, -0.25) is 0 Å². The van der Waals surface area contributed by atoms with E-state index in [-0.39, 0.29) is 12.2 Å². The van der Waals surface area contributed by atoms with Crippen LogP contribution in [0.3, 0.4) is 0 Å². The first-order chi connectivity index (χ1) is 8.58. The second-order valence-corrected chi connectivity index (χ2v) is 3.63. The Morgan fingerprint density at radius 2 is 2.33 bits per heavy atom. The maximum atomic E-state index is 11.9. The second-order valence-electron chi connectivity index (χ2n) is 3.63. The van der Waals surface area contributed by atoms with Crippen LogP contribution >= 0.6 is 0 Å². The van der Waals surface area contributed by atoms with Gasteiger partial charge in [0.15, 0.2) is 0 Å². The number of carbonyl (C=O) groups is 1. The molecular weight excluding hydrogens is 246 g/mol. The third-order valence-electron chi connectivity index (χ3n) is 2.33. The van der Waals surface area contributed by atoms with Gasteiger partial charge < -0.3 is 9.84 Å². The second kappa shape index (κ2) is 5.09. The lowest BCUT2D eigenvalue weighted by atomic mass is 10.2. The molecule has 0 aromatic carbocycles. The van der Waals surface area contributed by atoms with Gasteiger partial charge >= 0.3 is 5.97 Å². The molecule has 0 saturated carbocycles. The van der Waals surface area contributed by atoms with E-state index in [2.05, 4.69) is 5.10 Å². The molecular formula is C11H10F2N2O3. The van der Waals surface area contributed by atoms with Crippen molar-refractivity contribution in [2.45, 2.75) is 13.0 Å². The minimum Gasteiger partial charge on any atom is -0.478 e. The molecule has 2 aromatic heterocycles. The van der Waals surface area contributed by atoms with Crippen LogP contribution < -0.4 is 0 Å². The van der Waals surface area contributed by atoms with Gasteiger partial charge in [0.1, 0.15) is 12.2 Å². The lowest BCUT2D eigenvalue weighted by Gasteiger charge is -2.04. The summed E-state index contributed by atoms with van der Waals surface area (Å²) in [6.07, 6.45) is 0.280. The molecule has 0 atom stereocenters. The molecule has 0 aliphatic rings. The van der Waals surface area contributed by atoms with Crippen LogP contribution in [0.2, 0.25) is 0 Å². The first-order valence-electron chi connectivity index (χ1n) is 5.13. The van der Waals surface area contributed by atoms with Crippen LogP contribution in [-0.2, 0) is 11.3 Å².